The lowest BCUT2D eigenvalue weighted by molar-refractivity contribution is 0.0503. The van der Waals surface area contributed by atoms with E-state index in [1.165, 1.54) is 0 Å². The Morgan fingerprint density at radius 1 is 1.12 bits per heavy atom. The maximum absolute atomic E-state index is 11.9. The van der Waals surface area contributed by atoms with Gasteiger partial charge in [-0.15, -0.1) is 24.0 Å². The molecular weight excluding hydrogens is 419 g/mol. The summed E-state index contributed by atoms with van der Waals surface area (Å²) < 4.78 is 5.32. The zero-order valence-electron chi connectivity index (χ0n) is 16.6. The molecule has 0 bridgehead atoms. The number of guanidine groups is 1. The van der Waals surface area contributed by atoms with Crippen LogP contribution in [-0.4, -0.2) is 42.3 Å². The predicted molar refractivity (Wildman–Crippen MR) is 112 cm³/mol. The van der Waals surface area contributed by atoms with E-state index in [2.05, 4.69) is 48.6 Å². The first-order valence-electron chi connectivity index (χ1n) is 8.53. The largest absolute Gasteiger partial charge is 0.444 e. The number of hydrogen-bond donors (Lipinski definition) is 3. The Bertz CT molecular complexity index is 387. The van der Waals surface area contributed by atoms with Crippen molar-refractivity contribution in [3.63, 3.8) is 0 Å². The highest BCUT2D eigenvalue weighted by molar-refractivity contribution is 14.0. The van der Waals surface area contributed by atoms with Crippen LogP contribution >= 0.6 is 24.0 Å². The van der Waals surface area contributed by atoms with Crippen molar-refractivity contribution in [2.24, 2.45) is 4.99 Å². The van der Waals surface area contributed by atoms with Crippen LogP contribution in [0.3, 0.4) is 0 Å². The topological polar surface area (TPSA) is 74.8 Å². The number of ether oxygens (including phenoxy) is 1. The molecule has 0 aromatic rings. The highest BCUT2D eigenvalue weighted by Crippen LogP contribution is 2.08. The van der Waals surface area contributed by atoms with E-state index in [4.69, 9.17) is 4.74 Å². The first-order chi connectivity index (χ1) is 10.5. The van der Waals surface area contributed by atoms with Crippen LogP contribution in [0, 0.1) is 0 Å². The molecule has 0 saturated heterocycles. The van der Waals surface area contributed by atoms with Gasteiger partial charge in [0.25, 0.3) is 0 Å². The molecule has 0 radical (unpaired) electrons. The van der Waals surface area contributed by atoms with E-state index >= 15 is 0 Å². The minimum absolute atomic E-state index is 0. The van der Waals surface area contributed by atoms with Crippen molar-refractivity contribution in [1.82, 2.24) is 16.0 Å². The average molecular weight is 456 g/mol. The predicted octanol–water partition coefficient (Wildman–Crippen LogP) is 3.65. The number of alkyl carbamates (subject to hydrolysis) is 1. The van der Waals surface area contributed by atoms with Gasteiger partial charge in [-0.05, 0) is 54.9 Å². The van der Waals surface area contributed by atoms with Crippen LogP contribution in [0.1, 0.15) is 68.2 Å². The van der Waals surface area contributed by atoms with E-state index in [0.717, 1.165) is 25.3 Å². The smallest absolute Gasteiger partial charge is 0.407 e. The molecule has 0 heterocycles. The summed E-state index contributed by atoms with van der Waals surface area (Å²) in [5, 5.41) is 9.48. The van der Waals surface area contributed by atoms with Gasteiger partial charge in [0.15, 0.2) is 5.96 Å². The van der Waals surface area contributed by atoms with Crippen molar-refractivity contribution in [1.29, 1.82) is 0 Å². The molecule has 24 heavy (non-hydrogen) atoms. The van der Waals surface area contributed by atoms with Crippen LogP contribution in [0.5, 0.6) is 0 Å². The van der Waals surface area contributed by atoms with Crippen LogP contribution in [0.4, 0.5) is 4.79 Å². The van der Waals surface area contributed by atoms with Crippen LogP contribution in [0.15, 0.2) is 4.99 Å². The molecule has 0 aliphatic rings. The number of nitrogens with one attached hydrogen (secondary N) is 3. The van der Waals surface area contributed by atoms with Gasteiger partial charge in [0.05, 0.1) is 12.6 Å². The third-order valence-corrected chi connectivity index (χ3v) is 2.67. The standard InChI is InChI=1S/C17H36N4O2.HI/c1-9-11-13(20-15(22)23-17(6,7)8)12-19-14(18-10-2)21-16(3,4)5;/h13H,9-12H2,1-8H3,(H,20,22)(H2,18,19,21);1H. The number of halogens is 1. The van der Waals surface area contributed by atoms with Crippen molar-refractivity contribution in [3.8, 4) is 0 Å². The van der Waals surface area contributed by atoms with Gasteiger partial charge >= 0.3 is 6.09 Å². The summed E-state index contributed by atoms with van der Waals surface area (Å²) in [4.78, 5) is 16.5. The Morgan fingerprint density at radius 3 is 2.12 bits per heavy atom. The molecule has 1 atom stereocenters. The van der Waals surface area contributed by atoms with E-state index in [1.54, 1.807) is 0 Å². The first kappa shape index (κ1) is 25.5. The van der Waals surface area contributed by atoms with Gasteiger partial charge in [-0.25, -0.2) is 4.79 Å². The van der Waals surface area contributed by atoms with Gasteiger partial charge in [-0.2, -0.15) is 0 Å². The summed E-state index contributed by atoms with van der Waals surface area (Å²) in [7, 11) is 0. The molecule has 3 N–H and O–H groups in total. The van der Waals surface area contributed by atoms with Gasteiger partial charge in [0.2, 0.25) is 0 Å². The fraction of sp³-hybridized carbons (Fsp3) is 0.882. The summed E-state index contributed by atoms with van der Waals surface area (Å²) in [6.45, 7) is 17.3. The summed E-state index contributed by atoms with van der Waals surface area (Å²) in [5.41, 5.74) is -0.563. The normalized spacial score (nSPS) is 13.6. The molecule has 0 rings (SSSR count). The van der Waals surface area contributed by atoms with Crippen LogP contribution in [-0.2, 0) is 4.74 Å². The third kappa shape index (κ3) is 14.8. The molecule has 1 unspecified atom stereocenters. The number of carbonyl (C=O) groups excluding carboxylic acids is 1. The fourth-order valence-electron chi connectivity index (χ4n) is 1.90. The minimum atomic E-state index is -0.493. The monoisotopic (exact) mass is 456 g/mol. The van der Waals surface area contributed by atoms with Crippen LogP contribution in [0.2, 0.25) is 0 Å². The lowest BCUT2D eigenvalue weighted by Gasteiger charge is -2.25. The second-order valence-electron chi connectivity index (χ2n) is 7.73. The molecular formula is C17H37IN4O2. The highest BCUT2D eigenvalue weighted by atomic mass is 127. The number of rotatable bonds is 6. The average Bonchev–Trinajstić information content (AvgIpc) is 2.32. The first-order valence-corrected chi connectivity index (χ1v) is 8.53. The number of amides is 1. The van der Waals surface area contributed by atoms with Gasteiger partial charge in [-0.3, -0.25) is 4.99 Å². The zero-order valence-corrected chi connectivity index (χ0v) is 18.9. The Hall–Kier alpha value is -0.730. The Balaban J connectivity index is 0. The summed E-state index contributed by atoms with van der Waals surface area (Å²) in [6, 6.07) is -0.0368. The third-order valence-electron chi connectivity index (χ3n) is 2.67. The zero-order chi connectivity index (χ0) is 18.1. The van der Waals surface area contributed by atoms with Gasteiger partial charge < -0.3 is 20.7 Å². The second kappa shape index (κ2) is 11.8. The molecule has 0 aliphatic heterocycles. The maximum Gasteiger partial charge on any atom is 0.407 e. The molecule has 0 fully saturated rings. The molecule has 0 saturated carbocycles. The molecule has 0 aromatic heterocycles. The van der Waals surface area contributed by atoms with Crippen molar-refractivity contribution >= 4 is 36.0 Å². The number of aliphatic imine (C=N–C) groups is 1. The maximum atomic E-state index is 11.9. The lowest BCUT2D eigenvalue weighted by Crippen LogP contribution is -2.48. The molecule has 0 aliphatic carbocycles. The number of nitrogens with zero attached hydrogens (tertiary/aromatic N) is 1. The molecule has 0 spiro atoms. The number of carbonyl (C=O) groups is 1. The minimum Gasteiger partial charge on any atom is -0.444 e. The Kier molecular flexibility index (Phi) is 12.5. The molecule has 0 aromatic carbocycles. The van der Waals surface area contributed by atoms with Crippen molar-refractivity contribution < 1.29 is 9.53 Å². The Labute approximate surface area is 165 Å². The van der Waals surface area contributed by atoms with E-state index in [9.17, 15) is 4.79 Å². The molecule has 1 amide bonds. The quantitative estimate of drug-likeness (QED) is 0.324. The molecule has 6 nitrogen and oxygen atoms in total. The summed E-state index contributed by atoms with van der Waals surface area (Å²) >= 11 is 0. The van der Waals surface area contributed by atoms with Gasteiger partial charge in [0.1, 0.15) is 5.60 Å². The lowest BCUT2D eigenvalue weighted by atomic mass is 10.1. The van der Waals surface area contributed by atoms with Crippen LogP contribution < -0.4 is 16.0 Å². The fourth-order valence-corrected chi connectivity index (χ4v) is 1.90. The van der Waals surface area contributed by atoms with Crippen molar-refractivity contribution in [2.45, 2.75) is 85.4 Å². The van der Waals surface area contributed by atoms with E-state index in [0.29, 0.717) is 6.54 Å². The Morgan fingerprint density at radius 2 is 1.71 bits per heavy atom. The van der Waals surface area contributed by atoms with E-state index in [-0.39, 0.29) is 41.7 Å². The summed E-state index contributed by atoms with van der Waals surface area (Å²) in [5.74, 6) is 0.757. The van der Waals surface area contributed by atoms with Gasteiger partial charge in [-0.1, -0.05) is 13.3 Å². The van der Waals surface area contributed by atoms with Crippen LogP contribution in [0.25, 0.3) is 0 Å². The summed E-state index contributed by atoms with van der Waals surface area (Å²) in [6.07, 6.45) is 1.44. The van der Waals surface area contributed by atoms with Crippen molar-refractivity contribution in [2.75, 3.05) is 13.1 Å². The van der Waals surface area contributed by atoms with E-state index < -0.39 is 5.60 Å². The van der Waals surface area contributed by atoms with Gasteiger partial charge in [0, 0.05) is 12.1 Å². The molecule has 144 valence electrons. The molecule has 7 heteroatoms. The SMILES string of the molecule is CCCC(CN=C(NCC)NC(C)(C)C)NC(=O)OC(C)(C)C.I. The number of hydrogen-bond acceptors (Lipinski definition) is 3. The van der Waals surface area contributed by atoms with E-state index in [1.807, 2.05) is 27.7 Å². The second-order valence-corrected chi connectivity index (χ2v) is 7.73. The van der Waals surface area contributed by atoms with Crippen molar-refractivity contribution in [3.05, 3.63) is 0 Å². The highest BCUT2D eigenvalue weighted by Gasteiger charge is 2.19.